The van der Waals surface area contributed by atoms with Crippen molar-refractivity contribution in [3.05, 3.63) is 60.0 Å². The van der Waals surface area contributed by atoms with Crippen LogP contribution >= 0.6 is 0 Å². The van der Waals surface area contributed by atoms with Gasteiger partial charge in [-0.25, -0.2) is 9.78 Å². The van der Waals surface area contributed by atoms with E-state index in [1.54, 1.807) is 0 Å². The second-order valence-electron chi connectivity index (χ2n) is 7.16. The molecular formula is C22H24N4O2. The smallest absolute Gasteiger partial charge is 0.321 e. The van der Waals surface area contributed by atoms with Crippen molar-refractivity contribution in [2.24, 2.45) is 0 Å². The highest BCUT2D eigenvalue weighted by Crippen LogP contribution is 2.24. The fraction of sp³-hybridized carbons (Fsp3) is 0.318. The van der Waals surface area contributed by atoms with Gasteiger partial charge in [0.25, 0.3) is 0 Å². The topological polar surface area (TPSA) is 67.3 Å². The van der Waals surface area contributed by atoms with Crippen LogP contribution in [0.1, 0.15) is 24.4 Å². The number of aromatic nitrogens is 2. The van der Waals surface area contributed by atoms with Crippen LogP contribution in [0.3, 0.4) is 0 Å². The predicted molar refractivity (Wildman–Crippen MR) is 110 cm³/mol. The Morgan fingerprint density at radius 3 is 2.61 bits per heavy atom. The molecule has 2 amide bonds. The lowest BCUT2D eigenvalue weighted by Gasteiger charge is -2.32. The van der Waals surface area contributed by atoms with Gasteiger partial charge < -0.3 is 15.0 Å². The lowest BCUT2D eigenvalue weighted by atomic mass is 10.1. The number of anilines is 1. The van der Waals surface area contributed by atoms with Gasteiger partial charge in [-0.1, -0.05) is 36.4 Å². The van der Waals surface area contributed by atoms with E-state index in [0.29, 0.717) is 24.8 Å². The molecule has 0 radical (unpaired) electrons. The molecule has 1 aliphatic heterocycles. The van der Waals surface area contributed by atoms with Gasteiger partial charge in [0.1, 0.15) is 11.9 Å². The van der Waals surface area contributed by atoms with Crippen molar-refractivity contribution in [2.45, 2.75) is 32.8 Å². The molecule has 3 aromatic rings. The number of ether oxygens (including phenoxy) is 1. The molecule has 1 aromatic heterocycles. The van der Waals surface area contributed by atoms with Crippen molar-refractivity contribution < 1.29 is 9.53 Å². The molecule has 144 valence electrons. The van der Waals surface area contributed by atoms with Crippen LogP contribution in [0.25, 0.3) is 10.8 Å². The van der Waals surface area contributed by atoms with E-state index in [2.05, 4.69) is 15.3 Å². The Bertz CT molecular complexity index is 971. The Kier molecular flexibility index (Phi) is 5.10. The number of urea groups is 1. The Morgan fingerprint density at radius 1 is 1.07 bits per heavy atom. The first kappa shape index (κ1) is 18.2. The van der Waals surface area contributed by atoms with Gasteiger partial charge in [0.05, 0.1) is 5.69 Å². The zero-order valence-electron chi connectivity index (χ0n) is 16.2. The molecule has 0 unspecified atom stereocenters. The van der Waals surface area contributed by atoms with Crippen LogP contribution < -0.4 is 10.1 Å². The molecule has 4 rings (SSSR count). The number of hydrogen-bond donors (Lipinski definition) is 1. The van der Waals surface area contributed by atoms with Crippen molar-refractivity contribution in [1.29, 1.82) is 0 Å². The summed E-state index contributed by atoms with van der Waals surface area (Å²) in [7, 11) is 0. The number of hydrogen-bond acceptors (Lipinski definition) is 4. The summed E-state index contributed by atoms with van der Waals surface area (Å²) in [5.74, 6) is 1.32. The number of nitrogens with zero attached hydrogens (tertiary/aromatic N) is 3. The summed E-state index contributed by atoms with van der Waals surface area (Å²) in [6, 6.07) is 15.8. The molecule has 1 fully saturated rings. The molecule has 1 saturated heterocycles. The van der Waals surface area contributed by atoms with Crippen LogP contribution in [0.2, 0.25) is 0 Å². The number of fused-ring (bicyclic) bond motifs is 1. The number of piperidine rings is 1. The van der Waals surface area contributed by atoms with E-state index in [9.17, 15) is 4.79 Å². The second-order valence-corrected chi connectivity index (χ2v) is 7.16. The zero-order valence-corrected chi connectivity index (χ0v) is 16.2. The molecule has 6 heteroatoms. The number of likely N-dealkylation sites (tertiary alicyclic amines) is 1. The number of carbonyl (C=O) groups excluding carboxylic acids is 1. The summed E-state index contributed by atoms with van der Waals surface area (Å²) >= 11 is 0. The first-order chi connectivity index (χ1) is 13.6. The minimum absolute atomic E-state index is 0.0651. The van der Waals surface area contributed by atoms with E-state index in [-0.39, 0.29) is 12.1 Å². The van der Waals surface area contributed by atoms with E-state index in [0.717, 1.165) is 35.0 Å². The number of aryl methyl sites for hydroxylation is 2. The maximum Gasteiger partial charge on any atom is 0.321 e. The Balaban J connectivity index is 1.36. The summed E-state index contributed by atoms with van der Waals surface area (Å²) in [5.41, 5.74) is 1.74. The van der Waals surface area contributed by atoms with Crippen molar-refractivity contribution in [3.8, 4) is 5.88 Å². The number of amides is 2. The third-order valence-corrected chi connectivity index (χ3v) is 4.99. The molecule has 0 aliphatic carbocycles. The first-order valence-corrected chi connectivity index (χ1v) is 9.61. The highest BCUT2D eigenvalue weighted by atomic mass is 16.5. The molecule has 1 aliphatic rings. The third-order valence-electron chi connectivity index (χ3n) is 4.99. The van der Waals surface area contributed by atoms with Gasteiger partial charge in [0.15, 0.2) is 0 Å². The van der Waals surface area contributed by atoms with Crippen molar-refractivity contribution >= 4 is 22.5 Å². The normalized spacial score (nSPS) is 14.9. The lowest BCUT2D eigenvalue weighted by Crippen LogP contribution is -2.43. The molecule has 28 heavy (non-hydrogen) atoms. The minimum atomic E-state index is -0.0662. The molecule has 0 bridgehead atoms. The van der Waals surface area contributed by atoms with E-state index in [4.69, 9.17) is 4.74 Å². The lowest BCUT2D eigenvalue weighted by molar-refractivity contribution is 0.111. The molecule has 1 N–H and O–H groups in total. The standard InChI is InChI=1S/C22H24N4O2/c1-15-14-21(24-16(2)23-15)28-18-10-12-26(13-11-18)22(27)25-20-9-5-7-17-6-3-4-8-19(17)20/h3-9,14,18H,10-13H2,1-2H3,(H,25,27). The largest absolute Gasteiger partial charge is 0.474 e. The monoisotopic (exact) mass is 376 g/mol. The summed E-state index contributed by atoms with van der Waals surface area (Å²) in [4.78, 5) is 23.2. The average Bonchev–Trinajstić information content (AvgIpc) is 2.68. The van der Waals surface area contributed by atoms with Crippen LogP contribution in [0.4, 0.5) is 10.5 Å². The fourth-order valence-corrected chi connectivity index (χ4v) is 3.62. The Hall–Kier alpha value is -3.15. The maximum absolute atomic E-state index is 12.7. The quantitative estimate of drug-likeness (QED) is 0.739. The molecule has 0 spiro atoms. The van der Waals surface area contributed by atoms with Gasteiger partial charge in [-0.3, -0.25) is 0 Å². The van der Waals surface area contributed by atoms with Gasteiger partial charge in [0, 0.05) is 43.1 Å². The Morgan fingerprint density at radius 2 is 1.82 bits per heavy atom. The van der Waals surface area contributed by atoms with Crippen LogP contribution in [-0.2, 0) is 0 Å². The first-order valence-electron chi connectivity index (χ1n) is 9.61. The summed E-state index contributed by atoms with van der Waals surface area (Å²) in [6.45, 7) is 5.11. The fourth-order valence-electron chi connectivity index (χ4n) is 3.62. The van der Waals surface area contributed by atoms with Crippen molar-refractivity contribution in [2.75, 3.05) is 18.4 Å². The highest BCUT2D eigenvalue weighted by molar-refractivity contribution is 6.01. The molecule has 2 aromatic carbocycles. The van der Waals surface area contributed by atoms with Gasteiger partial charge in [-0.2, -0.15) is 4.98 Å². The van der Waals surface area contributed by atoms with E-state index < -0.39 is 0 Å². The van der Waals surface area contributed by atoms with Crippen molar-refractivity contribution in [3.63, 3.8) is 0 Å². The number of rotatable bonds is 3. The van der Waals surface area contributed by atoms with Crippen LogP contribution in [0.5, 0.6) is 5.88 Å². The van der Waals surface area contributed by atoms with E-state index in [1.807, 2.05) is 67.3 Å². The summed E-state index contributed by atoms with van der Waals surface area (Å²) < 4.78 is 6.01. The second kappa shape index (κ2) is 7.84. The molecule has 0 atom stereocenters. The third kappa shape index (κ3) is 4.06. The van der Waals surface area contributed by atoms with Gasteiger partial charge in [-0.05, 0) is 25.3 Å². The predicted octanol–water partition coefficient (Wildman–Crippen LogP) is 4.32. The maximum atomic E-state index is 12.7. The zero-order chi connectivity index (χ0) is 19.5. The average molecular weight is 376 g/mol. The van der Waals surface area contributed by atoms with E-state index >= 15 is 0 Å². The highest BCUT2D eigenvalue weighted by Gasteiger charge is 2.24. The molecule has 2 heterocycles. The van der Waals surface area contributed by atoms with Gasteiger partial charge >= 0.3 is 6.03 Å². The number of nitrogens with one attached hydrogen (secondary N) is 1. The van der Waals surface area contributed by atoms with Crippen LogP contribution in [0, 0.1) is 13.8 Å². The molecular weight excluding hydrogens is 352 g/mol. The van der Waals surface area contributed by atoms with Crippen molar-refractivity contribution in [1.82, 2.24) is 14.9 Å². The summed E-state index contributed by atoms with van der Waals surface area (Å²) in [6.07, 6.45) is 1.63. The number of carbonyl (C=O) groups is 1. The SMILES string of the molecule is Cc1cc(OC2CCN(C(=O)Nc3cccc4ccccc34)CC2)nc(C)n1. The van der Waals surface area contributed by atoms with Crippen LogP contribution in [0.15, 0.2) is 48.5 Å². The Labute approximate surface area is 164 Å². The minimum Gasteiger partial charge on any atom is -0.474 e. The van der Waals surface area contributed by atoms with Gasteiger partial charge in [-0.15, -0.1) is 0 Å². The van der Waals surface area contributed by atoms with E-state index in [1.165, 1.54) is 0 Å². The van der Waals surface area contributed by atoms with Gasteiger partial charge in [0.2, 0.25) is 5.88 Å². The molecule has 0 saturated carbocycles. The molecule has 6 nitrogen and oxygen atoms in total. The van der Waals surface area contributed by atoms with Crippen LogP contribution in [-0.4, -0.2) is 40.1 Å². The number of benzene rings is 2. The summed E-state index contributed by atoms with van der Waals surface area (Å²) in [5, 5.41) is 5.22.